The molecule has 0 radical (unpaired) electrons. The Morgan fingerprint density at radius 2 is 2.06 bits per heavy atom. The van der Waals surface area contributed by atoms with E-state index in [0.29, 0.717) is 0 Å². The third-order valence-corrected chi connectivity index (χ3v) is 4.10. The van der Waals surface area contributed by atoms with Crippen LogP contribution in [0.3, 0.4) is 0 Å². The van der Waals surface area contributed by atoms with Gasteiger partial charge >= 0.3 is 12.0 Å². The molecule has 1 aliphatic heterocycles. The lowest BCUT2D eigenvalue weighted by atomic mass is 9.87. The normalized spacial score (nSPS) is 22.1. The molecule has 5 nitrogen and oxygen atoms in total. The minimum absolute atomic E-state index is 0.151. The summed E-state index contributed by atoms with van der Waals surface area (Å²) >= 11 is 1.82. The van der Waals surface area contributed by atoms with E-state index in [0.717, 1.165) is 24.3 Å². The predicted octanol–water partition coefficient (Wildman–Crippen LogP) is 1.68. The van der Waals surface area contributed by atoms with Gasteiger partial charge < -0.3 is 15.7 Å². The smallest absolute Gasteiger partial charge is 0.326 e. The van der Waals surface area contributed by atoms with Crippen molar-refractivity contribution in [2.75, 3.05) is 11.5 Å². The number of amides is 2. The van der Waals surface area contributed by atoms with Gasteiger partial charge in [-0.15, -0.1) is 0 Å². The number of urea groups is 1. The fraction of sp³-hybridized carbons (Fsp3) is 0.833. The van der Waals surface area contributed by atoms with Gasteiger partial charge in [-0.3, -0.25) is 0 Å². The van der Waals surface area contributed by atoms with E-state index in [-0.39, 0.29) is 12.1 Å². The number of carbonyl (C=O) groups is 2. The van der Waals surface area contributed by atoms with Crippen molar-refractivity contribution in [3.8, 4) is 0 Å². The van der Waals surface area contributed by atoms with E-state index in [1.807, 2.05) is 11.8 Å². The van der Waals surface area contributed by atoms with Gasteiger partial charge in [-0.2, -0.15) is 11.8 Å². The van der Waals surface area contributed by atoms with E-state index in [2.05, 4.69) is 10.6 Å². The van der Waals surface area contributed by atoms with Crippen LogP contribution in [0.2, 0.25) is 0 Å². The molecule has 104 valence electrons. The number of rotatable bonds is 3. The third kappa shape index (κ3) is 4.76. The molecule has 2 amide bonds. The average molecular weight is 274 g/mol. The van der Waals surface area contributed by atoms with Gasteiger partial charge in [0, 0.05) is 11.8 Å². The van der Waals surface area contributed by atoms with Crippen LogP contribution < -0.4 is 10.6 Å². The second kappa shape index (κ2) is 6.31. The summed E-state index contributed by atoms with van der Waals surface area (Å²) in [7, 11) is 0. The molecule has 0 aromatic heterocycles. The van der Waals surface area contributed by atoms with Crippen molar-refractivity contribution < 1.29 is 14.7 Å². The summed E-state index contributed by atoms with van der Waals surface area (Å²) in [5.74, 6) is 1.04. The molecule has 1 saturated heterocycles. The van der Waals surface area contributed by atoms with Crippen LogP contribution in [0.5, 0.6) is 0 Å². The van der Waals surface area contributed by atoms with Crippen LogP contribution in [-0.2, 0) is 4.79 Å². The molecule has 1 aliphatic rings. The minimum atomic E-state index is -1.00. The molecule has 0 aromatic rings. The van der Waals surface area contributed by atoms with E-state index < -0.39 is 17.4 Å². The molecule has 6 heteroatoms. The van der Waals surface area contributed by atoms with Crippen LogP contribution in [0.4, 0.5) is 4.79 Å². The number of thioether (sulfide) groups is 1. The number of carboxylic acid groups (broad SMARTS) is 1. The minimum Gasteiger partial charge on any atom is -0.480 e. The van der Waals surface area contributed by atoms with Gasteiger partial charge in [0.1, 0.15) is 6.04 Å². The zero-order valence-electron chi connectivity index (χ0n) is 11.2. The maximum absolute atomic E-state index is 11.8. The Kier molecular flexibility index (Phi) is 5.31. The quantitative estimate of drug-likeness (QED) is 0.731. The number of carboxylic acids is 1. The summed E-state index contributed by atoms with van der Waals surface area (Å²) in [6.07, 6.45) is 2.06. The van der Waals surface area contributed by atoms with E-state index >= 15 is 0 Å². The standard InChI is InChI=1S/C12H22N2O3S/c1-12(2,3)9(10(15)16)14-11(17)13-8-5-4-6-18-7-8/h8-9H,4-7H2,1-3H3,(H,15,16)(H2,13,14,17)/t8?,9-/m0/s1. The summed E-state index contributed by atoms with van der Waals surface area (Å²) in [6, 6.07) is -1.11. The summed E-state index contributed by atoms with van der Waals surface area (Å²) < 4.78 is 0. The largest absolute Gasteiger partial charge is 0.480 e. The van der Waals surface area contributed by atoms with Gasteiger partial charge in [0.15, 0.2) is 0 Å². The molecule has 18 heavy (non-hydrogen) atoms. The summed E-state index contributed by atoms with van der Waals surface area (Å²) in [5, 5.41) is 14.5. The summed E-state index contributed by atoms with van der Waals surface area (Å²) in [4.78, 5) is 22.9. The van der Waals surface area contributed by atoms with E-state index in [1.165, 1.54) is 0 Å². The van der Waals surface area contributed by atoms with E-state index in [4.69, 9.17) is 5.11 Å². The molecule has 2 atom stereocenters. The molecule has 0 aromatic carbocycles. The second-order valence-electron chi connectivity index (χ2n) is 5.67. The van der Waals surface area contributed by atoms with E-state index in [1.54, 1.807) is 20.8 Å². The van der Waals surface area contributed by atoms with Crippen molar-refractivity contribution in [3.63, 3.8) is 0 Å². The second-order valence-corrected chi connectivity index (χ2v) is 6.82. The van der Waals surface area contributed by atoms with Gasteiger partial charge in [0.25, 0.3) is 0 Å². The topological polar surface area (TPSA) is 78.4 Å². The molecule has 1 rings (SSSR count). The zero-order valence-corrected chi connectivity index (χ0v) is 12.0. The van der Waals surface area contributed by atoms with Crippen molar-refractivity contribution in [2.24, 2.45) is 5.41 Å². The first-order valence-corrected chi connectivity index (χ1v) is 7.34. The van der Waals surface area contributed by atoms with Gasteiger partial charge in [-0.05, 0) is 24.0 Å². The van der Waals surface area contributed by atoms with Gasteiger partial charge in [-0.25, -0.2) is 9.59 Å². The molecular formula is C12H22N2O3S. The number of hydrogen-bond acceptors (Lipinski definition) is 3. The first-order chi connectivity index (χ1) is 8.30. The molecule has 1 fully saturated rings. The molecule has 0 saturated carbocycles. The maximum Gasteiger partial charge on any atom is 0.326 e. The van der Waals surface area contributed by atoms with Crippen molar-refractivity contribution in [1.82, 2.24) is 10.6 Å². The van der Waals surface area contributed by atoms with Crippen molar-refractivity contribution in [1.29, 1.82) is 0 Å². The first-order valence-electron chi connectivity index (χ1n) is 6.18. The Hall–Kier alpha value is -0.910. The van der Waals surface area contributed by atoms with Gasteiger partial charge in [-0.1, -0.05) is 20.8 Å². The number of nitrogens with one attached hydrogen (secondary N) is 2. The van der Waals surface area contributed by atoms with Crippen LogP contribution in [0.15, 0.2) is 0 Å². The van der Waals surface area contributed by atoms with Crippen LogP contribution in [0, 0.1) is 5.41 Å². The number of carbonyl (C=O) groups excluding carboxylic acids is 1. The third-order valence-electron chi connectivity index (χ3n) is 2.88. The zero-order chi connectivity index (χ0) is 13.8. The SMILES string of the molecule is CC(C)(C)[C@@H](NC(=O)NC1CCCSC1)C(=O)O. The highest BCUT2D eigenvalue weighted by Crippen LogP contribution is 2.20. The average Bonchev–Trinajstić information content (AvgIpc) is 2.25. The monoisotopic (exact) mass is 274 g/mol. The fourth-order valence-corrected chi connectivity index (χ4v) is 2.93. The van der Waals surface area contributed by atoms with Crippen molar-refractivity contribution in [3.05, 3.63) is 0 Å². The van der Waals surface area contributed by atoms with E-state index in [9.17, 15) is 9.59 Å². The molecular weight excluding hydrogens is 252 g/mol. The molecule has 3 N–H and O–H groups in total. The van der Waals surface area contributed by atoms with Crippen LogP contribution >= 0.6 is 11.8 Å². The van der Waals surface area contributed by atoms with Crippen LogP contribution in [0.1, 0.15) is 33.6 Å². The highest BCUT2D eigenvalue weighted by molar-refractivity contribution is 7.99. The predicted molar refractivity (Wildman–Crippen MR) is 72.9 cm³/mol. The Bertz CT molecular complexity index is 309. The van der Waals surface area contributed by atoms with Crippen molar-refractivity contribution in [2.45, 2.75) is 45.7 Å². The van der Waals surface area contributed by atoms with Gasteiger partial charge in [0.2, 0.25) is 0 Å². The molecule has 1 heterocycles. The highest BCUT2D eigenvalue weighted by Gasteiger charge is 2.33. The Labute approximate surface area is 112 Å². The fourth-order valence-electron chi connectivity index (χ4n) is 1.86. The lowest BCUT2D eigenvalue weighted by Crippen LogP contribution is -2.54. The summed E-state index contributed by atoms with van der Waals surface area (Å²) in [6.45, 7) is 5.38. The Morgan fingerprint density at radius 3 is 2.50 bits per heavy atom. The Morgan fingerprint density at radius 1 is 1.39 bits per heavy atom. The van der Waals surface area contributed by atoms with Crippen LogP contribution in [0.25, 0.3) is 0 Å². The lowest BCUT2D eigenvalue weighted by molar-refractivity contribution is -0.141. The lowest BCUT2D eigenvalue weighted by Gasteiger charge is -2.29. The first kappa shape index (κ1) is 15.1. The molecule has 0 bridgehead atoms. The summed E-state index contributed by atoms with van der Waals surface area (Å²) in [5.41, 5.74) is -0.509. The van der Waals surface area contributed by atoms with Crippen LogP contribution in [-0.4, -0.2) is 40.7 Å². The Balaban J connectivity index is 2.48. The van der Waals surface area contributed by atoms with Crippen molar-refractivity contribution >= 4 is 23.8 Å². The highest BCUT2D eigenvalue weighted by atomic mass is 32.2. The number of hydrogen-bond donors (Lipinski definition) is 3. The van der Waals surface area contributed by atoms with Gasteiger partial charge in [0.05, 0.1) is 0 Å². The molecule has 0 aliphatic carbocycles. The molecule has 1 unspecified atom stereocenters. The maximum atomic E-state index is 11.8. The molecule has 0 spiro atoms. The number of aliphatic carboxylic acids is 1.